The van der Waals surface area contributed by atoms with E-state index in [9.17, 15) is 14.4 Å². The van der Waals surface area contributed by atoms with Gasteiger partial charge in [-0.1, -0.05) is 23.4 Å². The maximum atomic E-state index is 13.1. The fourth-order valence-electron chi connectivity index (χ4n) is 3.60. The molecule has 31 heavy (non-hydrogen) atoms. The highest BCUT2D eigenvalue weighted by Crippen LogP contribution is 2.27. The highest BCUT2D eigenvalue weighted by Gasteiger charge is 2.35. The summed E-state index contributed by atoms with van der Waals surface area (Å²) in [5.74, 6) is 0.100. The first kappa shape index (κ1) is 20.3. The minimum absolute atomic E-state index is 0.0583. The number of ether oxygens (including phenoxy) is 1. The average Bonchev–Trinajstić information content (AvgIpc) is 3.29. The van der Waals surface area contributed by atoms with Crippen LogP contribution in [0.4, 0.5) is 0 Å². The number of rotatable bonds is 6. The van der Waals surface area contributed by atoms with E-state index in [1.54, 1.807) is 62.5 Å². The van der Waals surface area contributed by atoms with Gasteiger partial charge in [-0.15, -0.1) is 0 Å². The predicted octanol–water partition coefficient (Wildman–Crippen LogP) is 3.06. The fourth-order valence-corrected chi connectivity index (χ4v) is 3.60. The predicted molar refractivity (Wildman–Crippen MR) is 111 cm³/mol. The second kappa shape index (κ2) is 8.06. The van der Waals surface area contributed by atoms with E-state index in [1.807, 2.05) is 0 Å². The van der Waals surface area contributed by atoms with Gasteiger partial charge in [0.05, 0.1) is 36.9 Å². The summed E-state index contributed by atoms with van der Waals surface area (Å²) in [6.07, 6.45) is 0. The number of amides is 3. The molecule has 3 amide bonds. The van der Waals surface area contributed by atoms with Crippen molar-refractivity contribution in [2.24, 2.45) is 0 Å². The van der Waals surface area contributed by atoms with Gasteiger partial charge in [-0.2, -0.15) is 0 Å². The lowest BCUT2D eigenvalue weighted by atomic mass is 10.1. The monoisotopic (exact) mass is 419 g/mol. The zero-order valence-electron chi connectivity index (χ0n) is 17.4. The van der Waals surface area contributed by atoms with Crippen LogP contribution in [0, 0.1) is 6.92 Å². The van der Waals surface area contributed by atoms with Crippen molar-refractivity contribution in [1.29, 1.82) is 0 Å². The molecule has 3 aromatic rings. The molecule has 0 bridgehead atoms. The van der Waals surface area contributed by atoms with Gasteiger partial charge in [0.15, 0.2) is 0 Å². The van der Waals surface area contributed by atoms with E-state index in [1.165, 1.54) is 16.9 Å². The Hall–Kier alpha value is -3.94. The molecule has 1 aromatic heterocycles. The molecule has 0 saturated carbocycles. The molecule has 1 aliphatic heterocycles. The van der Waals surface area contributed by atoms with Crippen LogP contribution in [0.5, 0.6) is 5.75 Å². The van der Waals surface area contributed by atoms with Crippen molar-refractivity contribution in [2.45, 2.75) is 20.0 Å². The van der Waals surface area contributed by atoms with E-state index in [-0.39, 0.29) is 30.8 Å². The van der Waals surface area contributed by atoms with Crippen molar-refractivity contribution in [3.8, 4) is 5.75 Å². The zero-order valence-corrected chi connectivity index (χ0v) is 17.4. The van der Waals surface area contributed by atoms with Gasteiger partial charge >= 0.3 is 0 Å². The van der Waals surface area contributed by atoms with E-state index in [4.69, 9.17) is 9.26 Å². The van der Waals surface area contributed by atoms with Gasteiger partial charge in [-0.25, -0.2) is 0 Å². The number of imide groups is 1. The Morgan fingerprint density at radius 3 is 2.35 bits per heavy atom. The van der Waals surface area contributed by atoms with E-state index < -0.39 is 0 Å². The number of carbonyl (C=O) groups is 3. The summed E-state index contributed by atoms with van der Waals surface area (Å²) in [6.45, 7) is 2.11. The quantitative estimate of drug-likeness (QED) is 0.570. The number of hydrogen-bond donors (Lipinski definition) is 0. The van der Waals surface area contributed by atoms with Crippen LogP contribution in [-0.2, 0) is 13.1 Å². The summed E-state index contributed by atoms with van der Waals surface area (Å²) in [5, 5.41) is 3.92. The zero-order chi connectivity index (χ0) is 22.1. The number of nitrogens with zero attached hydrogens (tertiary/aromatic N) is 3. The summed E-state index contributed by atoms with van der Waals surface area (Å²) in [4.78, 5) is 41.1. The molecule has 0 N–H and O–H groups in total. The smallest absolute Gasteiger partial charge is 0.261 e. The molecule has 8 nitrogen and oxygen atoms in total. The third kappa shape index (κ3) is 3.79. The third-order valence-corrected chi connectivity index (χ3v) is 5.14. The minimum Gasteiger partial charge on any atom is -0.496 e. The van der Waals surface area contributed by atoms with E-state index in [0.29, 0.717) is 39.5 Å². The highest BCUT2D eigenvalue weighted by molar-refractivity contribution is 6.21. The van der Waals surface area contributed by atoms with Gasteiger partial charge in [0, 0.05) is 13.1 Å². The first-order valence-corrected chi connectivity index (χ1v) is 9.69. The van der Waals surface area contributed by atoms with Crippen LogP contribution in [0.2, 0.25) is 0 Å². The van der Waals surface area contributed by atoms with Crippen LogP contribution in [0.1, 0.15) is 48.1 Å². The molecule has 0 aliphatic carbocycles. The first-order valence-electron chi connectivity index (χ1n) is 9.69. The Morgan fingerprint density at radius 2 is 1.77 bits per heavy atom. The van der Waals surface area contributed by atoms with Crippen molar-refractivity contribution in [3.63, 3.8) is 0 Å². The van der Waals surface area contributed by atoms with Gasteiger partial charge in [0.1, 0.15) is 17.2 Å². The Bertz CT molecular complexity index is 1150. The molecule has 0 fully saturated rings. The van der Waals surface area contributed by atoms with E-state index in [2.05, 4.69) is 5.16 Å². The minimum atomic E-state index is -0.345. The number of benzene rings is 2. The molecule has 158 valence electrons. The lowest BCUT2D eigenvalue weighted by molar-refractivity contribution is 0.0642. The fraction of sp³-hybridized carbons (Fsp3) is 0.217. The first-order chi connectivity index (χ1) is 14.9. The summed E-state index contributed by atoms with van der Waals surface area (Å²) in [5.41, 5.74) is 2.39. The van der Waals surface area contributed by atoms with E-state index >= 15 is 0 Å². The second-order valence-corrected chi connectivity index (χ2v) is 7.37. The summed E-state index contributed by atoms with van der Waals surface area (Å²) in [7, 11) is 3.14. The van der Waals surface area contributed by atoms with Gasteiger partial charge in [0.2, 0.25) is 0 Å². The van der Waals surface area contributed by atoms with Crippen LogP contribution < -0.4 is 4.74 Å². The van der Waals surface area contributed by atoms with Crippen LogP contribution in [-0.4, -0.2) is 46.8 Å². The molecule has 0 radical (unpaired) electrons. The molecule has 1 aliphatic rings. The van der Waals surface area contributed by atoms with Crippen LogP contribution in [0.25, 0.3) is 0 Å². The molecular weight excluding hydrogens is 398 g/mol. The number of aryl methyl sites for hydroxylation is 1. The van der Waals surface area contributed by atoms with Crippen LogP contribution in [0.15, 0.2) is 53.1 Å². The molecular formula is C23H21N3O5. The van der Waals surface area contributed by atoms with Gasteiger partial charge < -0.3 is 14.2 Å². The van der Waals surface area contributed by atoms with E-state index in [0.717, 1.165) is 0 Å². The SMILES string of the molecule is COc1ccc(CN2C(=O)c3ccccc3C2=O)cc1C(=O)N(C)Cc1cc(C)on1. The highest BCUT2D eigenvalue weighted by atomic mass is 16.5. The number of aromatic nitrogens is 1. The molecule has 4 rings (SSSR count). The Kier molecular flexibility index (Phi) is 5.29. The number of fused-ring (bicyclic) bond motifs is 1. The van der Waals surface area contributed by atoms with Crippen molar-refractivity contribution < 1.29 is 23.6 Å². The third-order valence-electron chi connectivity index (χ3n) is 5.14. The Balaban J connectivity index is 1.57. The van der Waals surface area contributed by atoms with Crippen molar-refractivity contribution in [2.75, 3.05) is 14.2 Å². The standard InChI is InChI=1S/C23H21N3O5/c1-14-10-16(24-31-14)13-25(2)21(27)19-11-15(8-9-20(19)30-3)12-26-22(28)17-6-4-5-7-18(17)23(26)29/h4-11H,12-13H2,1-3H3. The average molecular weight is 419 g/mol. The van der Waals surface area contributed by atoms with Gasteiger partial charge in [-0.05, 0) is 36.8 Å². The molecule has 0 saturated heterocycles. The van der Waals surface area contributed by atoms with Crippen LogP contribution in [0.3, 0.4) is 0 Å². The van der Waals surface area contributed by atoms with Crippen molar-refractivity contribution >= 4 is 17.7 Å². The molecule has 2 aromatic carbocycles. The van der Waals surface area contributed by atoms with Gasteiger partial charge in [-0.3, -0.25) is 19.3 Å². The Labute approximate surface area is 179 Å². The lowest BCUT2D eigenvalue weighted by Crippen LogP contribution is -2.30. The molecule has 0 unspecified atom stereocenters. The topological polar surface area (TPSA) is 93.0 Å². The second-order valence-electron chi connectivity index (χ2n) is 7.37. The number of hydrogen-bond acceptors (Lipinski definition) is 6. The molecule has 8 heteroatoms. The molecule has 0 spiro atoms. The largest absolute Gasteiger partial charge is 0.496 e. The maximum Gasteiger partial charge on any atom is 0.261 e. The Morgan fingerprint density at radius 1 is 1.10 bits per heavy atom. The van der Waals surface area contributed by atoms with Gasteiger partial charge in [0.25, 0.3) is 17.7 Å². The van der Waals surface area contributed by atoms with Crippen LogP contribution >= 0.6 is 0 Å². The molecule has 0 atom stereocenters. The number of carbonyl (C=O) groups excluding carboxylic acids is 3. The lowest BCUT2D eigenvalue weighted by Gasteiger charge is -2.19. The summed E-state index contributed by atoms with van der Waals surface area (Å²) in [6, 6.07) is 13.5. The number of methoxy groups -OCH3 is 1. The summed E-state index contributed by atoms with van der Waals surface area (Å²) < 4.78 is 10.4. The van der Waals surface area contributed by atoms with Crippen molar-refractivity contribution in [1.82, 2.24) is 15.0 Å². The molecule has 2 heterocycles. The maximum absolute atomic E-state index is 13.1. The normalized spacial score (nSPS) is 12.8. The van der Waals surface area contributed by atoms with Crippen molar-refractivity contribution in [3.05, 3.63) is 82.2 Å². The summed E-state index contributed by atoms with van der Waals surface area (Å²) >= 11 is 0.